The van der Waals surface area contributed by atoms with Crippen molar-refractivity contribution in [2.24, 2.45) is 0 Å². The molecule has 0 atom stereocenters. The number of carboxylic acid groups (broad SMARTS) is 1. The van der Waals surface area contributed by atoms with E-state index in [4.69, 9.17) is 5.11 Å². The van der Waals surface area contributed by atoms with E-state index in [9.17, 15) is 14.0 Å². The number of benzene rings is 2. The first-order valence-corrected chi connectivity index (χ1v) is 6.08. The van der Waals surface area contributed by atoms with Crippen molar-refractivity contribution < 1.29 is 14.3 Å². The first-order valence-electron chi connectivity index (χ1n) is 6.08. The van der Waals surface area contributed by atoms with Gasteiger partial charge in [0.05, 0.1) is 16.5 Å². The average molecular weight is 284 g/mol. The minimum atomic E-state index is -1.12. The number of aromatic carboxylic acids is 1. The standard InChI is InChI=1S/C15H9FN2O3/c16-10-3-1-2-8(6-10)13-17-12-5-4-9(15(20)21)7-11(12)14(19)18-13/h1-7H,(H,20,21)(H,17,18,19). The van der Waals surface area contributed by atoms with E-state index in [1.54, 1.807) is 6.07 Å². The van der Waals surface area contributed by atoms with Crippen LogP contribution in [0.2, 0.25) is 0 Å². The van der Waals surface area contributed by atoms with Crippen LogP contribution in [0.4, 0.5) is 4.39 Å². The zero-order valence-corrected chi connectivity index (χ0v) is 10.6. The molecule has 104 valence electrons. The van der Waals surface area contributed by atoms with Crippen LogP contribution >= 0.6 is 0 Å². The fourth-order valence-corrected chi connectivity index (χ4v) is 2.04. The minimum absolute atomic E-state index is 0.00769. The van der Waals surface area contributed by atoms with E-state index in [2.05, 4.69) is 9.97 Å². The lowest BCUT2D eigenvalue weighted by atomic mass is 10.1. The molecular weight excluding hydrogens is 275 g/mol. The normalized spacial score (nSPS) is 10.7. The van der Waals surface area contributed by atoms with Crippen molar-refractivity contribution >= 4 is 16.9 Å². The third kappa shape index (κ3) is 2.38. The predicted molar refractivity (Wildman–Crippen MR) is 74.7 cm³/mol. The fourth-order valence-electron chi connectivity index (χ4n) is 2.04. The van der Waals surface area contributed by atoms with E-state index in [1.807, 2.05) is 0 Å². The van der Waals surface area contributed by atoms with Crippen molar-refractivity contribution in [3.63, 3.8) is 0 Å². The molecule has 0 aliphatic carbocycles. The molecule has 0 aliphatic heterocycles. The molecule has 0 spiro atoms. The summed E-state index contributed by atoms with van der Waals surface area (Å²) in [6.07, 6.45) is 0. The van der Waals surface area contributed by atoms with Gasteiger partial charge in [-0.05, 0) is 30.3 Å². The van der Waals surface area contributed by atoms with Gasteiger partial charge in [-0.25, -0.2) is 14.2 Å². The largest absolute Gasteiger partial charge is 0.478 e. The van der Waals surface area contributed by atoms with Crippen molar-refractivity contribution in [1.29, 1.82) is 0 Å². The van der Waals surface area contributed by atoms with E-state index in [0.717, 1.165) is 0 Å². The zero-order valence-electron chi connectivity index (χ0n) is 10.6. The van der Waals surface area contributed by atoms with Gasteiger partial charge in [0.1, 0.15) is 11.6 Å². The third-order valence-electron chi connectivity index (χ3n) is 3.05. The van der Waals surface area contributed by atoms with Crippen LogP contribution in [0.1, 0.15) is 10.4 Å². The van der Waals surface area contributed by atoms with E-state index in [0.29, 0.717) is 11.1 Å². The van der Waals surface area contributed by atoms with Gasteiger partial charge in [-0.3, -0.25) is 4.79 Å². The van der Waals surface area contributed by atoms with Crippen LogP contribution in [-0.4, -0.2) is 21.0 Å². The summed E-state index contributed by atoms with van der Waals surface area (Å²) in [4.78, 5) is 29.7. The topological polar surface area (TPSA) is 83.0 Å². The maximum absolute atomic E-state index is 13.2. The summed E-state index contributed by atoms with van der Waals surface area (Å²) < 4.78 is 13.2. The summed E-state index contributed by atoms with van der Waals surface area (Å²) in [6.45, 7) is 0. The number of nitrogens with one attached hydrogen (secondary N) is 1. The van der Waals surface area contributed by atoms with Gasteiger partial charge in [0.15, 0.2) is 0 Å². The summed E-state index contributed by atoms with van der Waals surface area (Å²) in [5, 5.41) is 9.10. The Morgan fingerprint density at radius 3 is 2.71 bits per heavy atom. The summed E-state index contributed by atoms with van der Waals surface area (Å²) >= 11 is 0. The van der Waals surface area contributed by atoms with Gasteiger partial charge in [0.2, 0.25) is 0 Å². The second-order valence-electron chi connectivity index (χ2n) is 4.46. The number of hydrogen-bond donors (Lipinski definition) is 2. The number of hydrogen-bond acceptors (Lipinski definition) is 3. The molecule has 0 fully saturated rings. The summed E-state index contributed by atoms with van der Waals surface area (Å²) in [5.41, 5.74) is 0.329. The molecule has 5 nitrogen and oxygen atoms in total. The number of halogens is 1. The van der Waals surface area contributed by atoms with Gasteiger partial charge in [-0.1, -0.05) is 12.1 Å². The highest BCUT2D eigenvalue weighted by molar-refractivity contribution is 5.93. The van der Waals surface area contributed by atoms with Gasteiger partial charge < -0.3 is 10.1 Å². The van der Waals surface area contributed by atoms with Gasteiger partial charge in [0, 0.05) is 5.56 Å². The highest BCUT2D eigenvalue weighted by Gasteiger charge is 2.10. The van der Waals surface area contributed by atoms with Crippen molar-refractivity contribution in [3.05, 3.63) is 64.2 Å². The molecule has 2 N–H and O–H groups in total. The molecule has 0 radical (unpaired) electrons. The van der Waals surface area contributed by atoms with Crippen LogP contribution in [0.25, 0.3) is 22.3 Å². The Morgan fingerprint density at radius 2 is 2.00 bits per heavy atom. The number of fused-ring (bicyclic) bond motifs is 1. The molecule has 3 rings (SSSR count). The Kier molecular flexibility index (Phi) is 2.98. The Labute approximate surface area is 117 Å². The summed E-state index contributed by atoms with van der Waals surface area (Å²) in [6, 6.07) is 9.78. The number of aromatic amines is 1. The maximum atomic E-state index is 13.2. The van der Waals surface area contributed by atoms with Gasteiger partial charge >= 0.3 is 5.97 Å². The van der Waals surface area contributed by atoms with Gasteiger partial charge in [0.25, 0.3) is 5.56 Å². The average Bonchev–Trinajstić information content (AvgIpc) is 2.46. The minimum Gasteiger partial charge on any atom is -0.478 e. The van der Waals surface area contributed by atoms with Crippen LogP contribution in [0, 0.1) is 5.82 Å². The van der Waals surface area contributed by atoms with E-state index in [-0.39, 0.29) is 16.8 Å². The zero-order chi connectivity index (χ0) is 15.0. The van der Waals surface area contributed by atoms with Crippen LogP contribution in [0.5, 0.6) is 0 Å². The Morgan fingerprint density at radius 1 is 1.19 bits per heavy atom. The molecule has 0 unspecified atom stereocenters. The molecule has 1 aromatic heterocycles. The predicted octanol–water partition coefficient (Wildman–Crippen LogP) is 2.43. The molecule has 0 bridgehead atoms. The molecule has 6 heteroatoms. The number of H-pyrrole nitrogens is 1. The third-order valence-corrected chi connectivity index (χ3v) is 3.05. The molecule has 0 saturated heterocycles. The van der Waals surface area contributed by atoms with Crippen molar-refractivity contribution in [2.45, 2.75) is 0 Å². The van der Waals surface area contributed by atoms with Crippen LogP contribution in [0.3, 0.4) is 0 Å². The molecule has 3 aromatic rings. The molecule has 2 aromatic carbocycles. The molecule has 0 aliphatic rings. The smallest absolute Gasteiger partial charge is 0.335 e. The first kappa shape index (κ1) is 13.0. The monoisotopic (exact) mass is 284 g/mol. The fraction of sp³-hybridized carbons (Fsp3) is 0. The number of carboxylic acids is 1. The van der Waals surface area contributed by atoms with Crippen LogP contribution in [-0.2, 0) is 0 Å². The van der Waals surface area contributed by atoms with E-state index >= 15 is 0 Å². The van der Waals surface area contributed by atoms with Gasteiger partial charge in [-0.2, -0.15) is 0 Å². The Bertz CT molecular complexity index is 918. The lowest BCUT2D eigenvalue weighted by Gasteiger charge is -2.04. The molecular formula is C15H9FN2O3. The van der Waals surface area contributed by atoms with E-state index in [1.165, 1.54) is 36.4 Å². The van der Waals surface area contributed by atoms with E-state index < -0.39 is 17.3 Å². The maximum Gasteiger partial charge on any atom is 0.335 e. The summed E-state index contributed by atoms with van der Waals surface area (Å²) in [5.74, 6) is -1.32. The highest BCUT2D eigenvalue weighted by atomic mass is 19.1. The summed E-state index contributed by atoms with van der Waals surface area (Å²) in [7, 11) is 0. The molecule has 1 heterocycles. The Hall–Kier alpha value is -3.02. The lowest BCUT2D eigenvalue weighted by molar-refractivity contribution is 0.0697. The number of carbonyl (C=O) groups is 1. The van der Waals surface area contributed by atoms with Gasteiger partial charge in [-0.15, -0.1) is 0 Å². The molecule has 21 heavy (non-hydrogen) atoms. The lowest BCUT2D eigenvalue weighted by Crippen LogP contribution is -2.10. The quantitative estimate of drug-likeness (QED) is 0.757. The number of nitrogens with zero attached hydrogens (tertiary/aromatic N) is 1. The van der Waals surface area contributed by atoms with Crippen molar-refractivity contribution in [3.8, 4) is 11.4 Å². The Balaban J connectivity index is 2.23. The van der Waals surface area contributed by atoms with Crippen molar-refractivity contribution in [1.82, 2.24) is 9.97 Å². The van der Waals surface area contributed by atoms with Crippen LogP contribution < -0.4 is 5.56 Å². The van der Waals surface area contributed by atoms with Crippen molar-refractivity contribution in [2.75, 3.05) is 0 Å². The van der Waals surface area contributed by atoms with Crippen LogP contribution in [0.15, 0.2) is 47.3 Å². The number of aromatic nitrogens is 2. The highest BCUT2D eigenvalue weighted by Crippen LogP contribution is 2.18. The molecule has 0 amide bonds. The SMILES string of the molecule is O=C(O)c1ccc2nc(-c3cccc(F)c3)[nH]c(=O)c2c1. The molecule has 0 saturated carbocycles. The second kappa shape index (κ2) is 4.82. The second-order valence-corrected chi connectivity index (χ2v) is 4.46. The number of rotatable bonds is 2. The first-order chi connectivity index (χ1) is 10.0.